The molecule has 1 aliphatic rings. The molecule has 1 amide bonds. The van der Waals surface area contributed by atoms with Gasteiger partial charge in [-0.25, -0.2) is 9.97 Å². The molecule has 0 unspecified atom stereocenters. The Balaban J connectivity index is 1.46. The Labute approximate surface area is 165 Å². The monoisotopic (exact) mass is 375 g/mol. The highest BCUT2D eigenvalue weighted by molar-refractivity contribution is 5.95. The maximum absolute atomic E-state index is 13.0. The number of benzene rings is 1. The Morgan fingerprint density at radius 3 is 2.71 bits per heavy atom. The molecule has 1 aromatic carbocycles. The Morgan fingerprint density at radius 1 is 1.18 bits per heavy atom. The van der Waals surface area contributed by atoms with Gasteiger partial charge in [0.25, 0.3) is 5.91 Å². The van der Waals surface area contributed by atoms with Gasteiger partial charge in [0.15, 0.2) is 0 Å². The number of nitrogens with one attached hydrogen (secondary N) is 1. The van der Waals surface area contributed by atoms with Crippen LogP contribution in [-0.4, -0.2) is 44.1 Å². The van der Waals surface area contributed by atoms with E-state index in [0.29, 0.717) is 11.5 Å². The molecule has 0 radical (unpaired) electrons. The van der Waals surface area contributed by atoms with E-state index in [1.54, 1.807) is 6.20 Å². The van der Waals surface area contributed by atoms with E-state index in [2.05, 4.69) is 39.2 Å². The van der Waals surface area contributed by atoms with Gasteiger partial charge in [0.05, 0.1) is 17.5 Å². The van der Waals surface area contributed by atoms with E-state index in [0.717, 1.165) is 50.0 Å². The van der Waals surface area contributed by atoms with Gasteiger partial charge >= 0.3 is 0 Å². The molecule has 28 heavy (non-hydrogen) atoms. The highest BCUT2D eigenvalue weighted by Gasteiger charge is 2.28. The molecular weight excluding hydrogens is 350 g/mol. The average Bonchev–Trinajstić information content (AvgIpc) is 3.25. The summed E-state index contributed by atoms with van der Waals surface area (Å²) in [4.78, 5) is 23.3. The molecule has 4 rings (SSSR count). The standard InChI is InChI=1S/C22H25N5O/c1-2-6-20-19(13-23-15-24-20)22(28)27-11-9-17(10-12-27)21-18(14-25-26-21)16-7-4-3-5-8-16/h3-5,7-8,13-15,17H,2,6,9-12H2,1H3,(H,25,26). The van der Waals surface area contributed by atoms with Gasteiger partial charge in [0, 0.05) is 36.5 Å². The largest absolute Gasteiger partial charge is 0.338 e. The first-order valence-corrected chi connectivity index (χ1v) is 9.94. The van der Waals surface area contributed by atoms with Crippen LogP contribution in [-0.2, 0) is 6.42 Å². The van der Waals surface area contributed by atoms with Gasteiger partial charge in [-0.05, 0) is 24.8 Å². The number of hydrogen-bond acceptors (Lipinski definition) is 4. The molecule has 0 spiro atoms. The minimum Gasteiger partial charge on any atom is -0.338 e. The second kappa shape index (κ2) is 8.33. The third kappa shape index (κ3) is 3.67. The molecule has 6 heteroatoms. The fourth-order valence-corrected chi connectivity index (χ4v) is 3.97. The molecule has 0 aliphatic carbocycles. The van der Waals surface area contributed by atoms with Crippen molar-refractivity contribution < 1.29 is 4.79 Å². The Morgan fingerprint density at radius 2 is 1.96 bits per heavy atom. The lowest BCUT2D eigenvalue weighted by Gasteiger charge is -2.32. The number of amides is 1. The first kappa shape index (κ1) is 18.3. The quantitative estimate of drug-likeness (QED) is 0.735. The van der Waals surface area contributed by atoms with Crippen LogP contribution in [0.15, 0.2) is 49.1 Å². The molecule has 1 N–H and O–H groups in total. The Kier molecular flexibility index (Phi) is 5.46. The van der Waals surface area contributed by atoms with Crippen LogP contribution in [0.4, 0.5) is 0 Å². The molecule has 144 valence electrons. The summed E-state index contributed by atoms with van der Waals surface area (Å²) in [5, 5.41) is 7.49. The molecule has 3 aromatic rings. The van der Waals surface area contributed by atoms with Gasteiger partial charge in [-0.3, -0.25) is 9.89 Å². The van der Waals surface area contributed by atoms with E-state index >= 15 is 0 Å². The summed E-state index contributed by atoms with van der Waals surface area (Å²) < 4.78 is 0. The number of rotatable bonds is 5. The van der Waals surface area contributed by atoms with Crippen molar-refractivity contribution in [3.63, 3.8) is 0 Å². The smallest absolute Gasteiger partial charge is 0.257 e. The summed E-state index contributed by atoms with van der Waals surface area (Å²) in [7, 11) is 0. The molecule has 0 atom stereocenters. The number of H-pyrrole nitrogens is 1. The van der Waals surface area contributed by atoms with Crippen molar-refractivity contribution in [3.05, 3.63) is 66.0 Å². The van der Waals surface area contributed by atoms with E-state index in [9.17, 15) is 4.79 Å². The zero-order chi connectivity index (χ0) is 19.3. The van der Waals surface area contributed by atoms with Gasteiger partial charge in [-0.2, -0.15) is 5.10 Å². The van der Waals surface area contributed by atoms with Gasteiger partial charge in [-0.1, -0.05) is 43.7 Å². The van der Waals surface area contributed by atoms with Crippen LogP contribution in [0, 0.1) is 0 Å². The van der Waals surface area contributed by atoms with Crippen molar-refractivity contribution in [1.29, 1.82) is 0 Å². The molecule has 1 aliphatic heterocycles. The molecule has 0 saturated carbocycles. The number of nitrogens with zero attached hydrogens (tertiary/aromatic N) is 4. The van der Waals surface area contributed by atoms with Crippen molar-refractivity contribution in [2.24, 2.45) is 0 Å². The summed E-state index contributed by atoms with van der Waals surface area (Å²) in [5.41, 5.74) is 5.01. The molecule has 1 saturated heterocycles. The van der Waals surface area contributed by atoms with E-state index in [1.807, 2.05) is 29.3 Å². The summed E-state index contributed by atoms with van der Waals surface area (Å²) >= 11 is 0. The Bertz CT molecular complexity index is 929. The number of piperidine rings is 1. The summed E-state index contributed by atoms with van der Waals surface area (Å²) in [5.74, 6) is 0.430. The van der Waals surface area contributed by atoms with E-state index < -0.39 is 0 Å². The highest BCUT2D eigenvalue weighted by Crippen LogP contribution is 2.34. The zero-order valence-electron chi connectivity index (χ0n) is 16.1. The third-order valence-electron chi connectivity index (χ3n) is 5.46. The Hall–Kier alpha value is -3.02. The number of hydrogen-bond donors (Lipinski definition) is 1. The van der Waals surface area contributed by atoms with Crippen LogP contribution in [0.3, 0.4) is 0 Å². The predicted molar refractivity (Wildman–Crippen MR) is 108 cm³/mol. The number of aryl methyl sites for hydroxylation is 1. The number of carbonyl (C=O) groups is 1. The van der Waals surface area contributed by atoms with Crippen LogP contribution in [0.1, 0.15) is 53.8 Å². The number of likely N-dealkylation sites (tertiary alicyclic amines) is 1. The first-order valence-electron chi connectivity index (χ1n) is 9.94. The molecule has 2 aromatic heterocycles. The maximum Gasteiger partial charge on any atom is 0.257 e. The molecule has 6 nitrogen and oxygen atoms in total. The zero-order valence-corrected chi connectivity index (χ0v) is 16.1. The van der Waals surface area contributed by atoms with Crippen LogP contribution >= 0.6 is 0 Å². The normalized spacial score (nSPS) is 15.0. The fraction of sp³-hybridized carbons (Fsp3) is 0.364. The summed E-state index contributed by atoms with van der Waals surface area (Å²) in [6, 6.07) is 10.3. The van der Waals surface area contributed by atoms with Crippen molar-refractivity contribution in [2.45, 2.75) is 38.5 Å². The minimum absolute atomic E-state index is 0.0513. The average molecular weight is 375 g/mol. The van der Waals surface area contributed by atoms with Gasteiger partial charge in [0.1, 0.15) is 6.33 Å². The SMILES string of the molecule is CCCc1ncncc1C(=O)N1CCC(c2[nH]ncc2-c2ccccc2)CC1. The van der Waals surface area contributed by atoms with E-state index in [4.69, 9.17) is 0 Å². The number of carbonyl (C=O) groups excluding carboxylic acids is 1. The molecule has 1 fully saturated rings. The van der Waals surface area contributed by atoms with Crippen molar-refractivity contribution in [1.82, 2.24) is 25.1 Å². The topological polar surface area (TPSA) is 74.8 Å². The molecule has 3 heterocycles. The van der Waals surface area contributed by atoms with Crippen molar-refractivity contribution in [3.8, 4) is 11.1 Å². The van der Waals surface area contributed by atoms with Crippen molar-refractivity contribution >= 4 is 5.91 Å². The lowest BCUT2D eigenvalue weighted by molar-refractivity contribution is 0.0710. The maximum atomic E-state index is 13.0. The van der Waals surface area contributed by atoms with Gasteiger partial charge < -0.3 is 4.90 Å². The second-order valence-corrected chi connectivity index (χ2v) is 7.26. The second-order valence-electron chi connectivity index (χ2n) is 7.26. The molecular formula is C22H25N5O. The summed E-state index contributed by atoms with van der Waals surface area (Å²) in [6.45, 7) is 3.56. The first-order chi connectivity index (χ1) is 13.8. The number of aromatic amines is 1. The minimum atomic E-state index is 0.0513. The lowest BCUT2D eigenvalue weighted by atomic mass is 9.89. The molecule has 0 bridgehead atoms. The summed E-state index contributed by atoms with van der Waals surface area (Å²) in [6.07, 6.45) is 8.69. The van der Waals surface area contributed by atoms with Gasteiger partial charge in [-0.15, -0.1) is 0 Å². The van der Waals surface area contributed by atoms with E-state index in [-0.39, 0.29) is 5.91 Å². The highest BCUT2D eigenvalue weighted by atomic mass is 16.2. The van der Waals surface area contributed by atoms with Crippen LogP contribution in [0.5, 0.6) is 0 Å². The van der Waals surface area contributed by atoms with Crippen LogP contribution in [0.25, 0.3) is 11.1 Å². The third-order valence-corrected chi connectivity index (χ3v) is 5.46. The van der Waals surface area contributed by atoms with Crippen molar-refractivity contribution in [2.75, 3.05) is 13.1 Å². The van der Waals surface area contributed by atoms with Crippen LogP contribution in [0.2, 0.25) is 0 Å². The predicted octanol–water partition coefficient (Wildman–Crippen LogP) is 3.84. The van der Waals surface area contributed by atoms with E-state index in [1.165, 1.54) is 17.6 Å². The lowest BCUT2D eigenvalue weighted by Crippen LogP contribution is -2.38. The number of aromatic nitrogens is 4. The fourth-order valence-electron chi connectivity index (χ4n) is 3.97. The van der Waals surface area contributed by atoms with Gasteiger partial charge in [0.2, 0.25) is 0 Å². The van der Waals surface area contributed by atoms with Crippen LogP contribution < -0.4 is 0 Å².